The van der Waals surface area contributed by atoms with Crippen LogP contribution in [-0.2, 0) is 14.3 Å². The van der Waals surface area contributed by atoms with Gasteiger partial charge in [-0.05, 0) is 31.5 Å². The first kappa shape index (κ1) is 13.8. The number of amides is 2. The van der Waals surface area contributed by atoms with Gasteiger partial charge in [-0.25, -0.2) is 0 Å². The molecule has 0 spiro atoms. The number of ether oxygens (including phenoxy) is 1. The molecule has 2 unspecified atom stereocenters. The van der Waals surface area contributed by atoms with Gasteiger partial charge >= 0.3 is 0 Å². The van der Waals surface area contributed by atoms with E-state index in [1.54, 1.807) is 18.2 Å². The summed E-state index contributed by atoms with van der Waals surface area (Å²) < 4.78 is 5.42. The highest BCUT2D eigenvalue weighted by atomic mass is 16.5. The smallest absolute Gasteiger partial charge is 0.233 e. The van der Waals surface area contributed by atoms with Crippen LogP contribution < -0.4 is 10.6 Å². The van der Waals surface area contributed by atoms with Gasteiger partial charge in [-0.2, -0.15) is 0 Å². The van der Waals surface area contributed by atoms with Crippen molar-refractivity contribution in [2.75, 3.05) is 17.2 Å². The number of anilines is 2. The Morgan fingerprint density at radius 3 is 2.57 bits per heavy atom. The summed E-state index contributed by atoms with van der Waals surface area (Å²) in [4.78, 5) is 35.5. The third-order valence-electron chi connectivity index (χ3n) is 3.89. The van der Waals surface area contributed by atoms with E-state index in [1.807, 2.05) is 6.92 Å². The summed E-state index contributed by atoms with van der Waals surface area (Å²) in [5.41, 5.74) is 1.49. The topological polar surface area (TPSA) is 84.5 Å². The minimum Gasteiger partial charge on any atom is -0.378 e. The first-order valence-electron chi connectivity index (χ1n) is 6.94. The summed E-state index contributed by atoms with van der Waals surface area (Å²) in [6.45, 7) is 2.48. The molecule has 2 atom stereocenters. The van der Waals surface area contributed by atoms with Crippen LogP contribution in [0, 0.1) is 5.92 Å². The molecule has 1 saturated heterocycles. The maximum atomic E-state index is 12.5. The Labute approximate surface area is 121 Å². The average molecular weight is 288 g/mol. The van der Waals surface area contributed by atoms with Crippen LogP contribution in [0.5, 0.6) is 0 Å². The lowest BCUT2D eigenvalue weighted by Gasteiger charge is -2.14. The highest BCUT2D eigenvalue weighted by molar-refractivity contribution is 6.14. The minimum atomic E-state index is -0.381. The van der Waals surface area contributed by atoms with E-state index in [4.69, 9.17) is 4.74 Å². The molecule has 6 nitrogen and oxygen atoms in total. The van der Waals surface area contributed by atoms with Crippen molar-refractivity contribution in [1.29, 1.82) is 0 Å². The quantitative estimate of drug-likeness (QED) is 0.639. The number of benzene rings is 1. The zero-order valence-corrected chi connectivity index (χ0v) is 11.6. The maximum absolute atomic E-state index is 12.5. The van der Waals surface area contributed by atoms with Crippen LogP contribution in [0.25, 0.3) is 0 Å². The van der Waals surface area contributed by atoms with Crippen LogP contribution in [0.1, 0.15) is 30.1 Å². The first-order valence-corrected chi connectivity index (χ1v) is 6.94. The Morgan fingerprint density at radius 2 is 1.90 bits per heavy atom. The van der Waals surface area contributed by atoms with Crippen molar-refractivity contribution < 1.29 is 19.1 Å². The van der Waals surface area contributed by atoms with Crippen molar-refractivity contribution in [2.24, 2.45) is 5.92 Å². The number of rotatable bonds is 2. The number of nitrogens with one attached hydrogen (secondary N) is 2. The summed E-state index contributed by atoms with van der Waals surface area (Å²) in [5, 5.41) is 5.28. The average Bonchev–Trinajstić information content (AvgIpc) is 2.79. The van der Waals surface area contributed by atoms with Gasteiger partial charge in [0.15, 0.2) is 5.78 Å². The molecule has 2 aliphatic rings. The largest absolute Gasteiger partial charge is 0.378 e. The predicted molar refractivity (Wildman–Crippen MR) is 76.2 cm³/mol. The van der Waals surface area contributed by atoms with Crippen LogP contribution >= 0.6 is 0 Å². The van der Waals surface area contributed by atoms with Gasteiger partial charge in [0.05, 0.1) is 23.4 Å². The number of ketones is 1. The maximum Gasteiger partial charge on any atom is 0.233 e. The van der Waals surface area contributed by atoms with Gasteiger partial charge in [0.2, 0.25) is 11.8 Å². The molecular weight excluding hydrogens is 272 g/mol. The first-order chi connectivity index (χ1) is 10.0. The van der Waals surface area contributed by atoms with E-state index >= 15 is 0 Å². The molecule has 0 bridgehead atoms. The standard InChI is InChI=1S/C15H16N2O4/c1-8-10(4-5-21-8)15(20)9-2-3-11-12(6-9)17-14(19)7-13(18)16-11/h2-3,6,8,10H,4-5,7H2,1H3,(H,16,18)(H,17,19). The second kappa shape index (κ2) is 5.29. The number of carbonyl (C=O) groups is 3. The Bertz CT molecular complexity index is 626. The van der Waals surface area contributed by atoms with E-state index in [0.29, 0.717) is 30.0 Å². The highest BCUT2D eigenvalue weighted by Gasteiger charge is 2.32. The van der Waals surface area contributed by atoms with E-state index in [-0.39, 0.29) is 36.0 Å². The fourth-order valence-corrected chi connectivity index (χ4v) is 2.73. The number of fused-ring (bicyclic) bond motifs is 1. The zero-order chi connectivity index (χ0) is 15.0. The van der Waals surface area contributed by atoms with E-state index < -0.39 is 0 Å². The molecule has 2 aliphatic heterocycles. The number of hydrogen-bond acceptors (Lipinski definition) is 4. The fourth-order valence-electron chi connectivity index (χ4n) is 2.73. The molecule has 21 heavy (non-hydrogen) atoms. The summed E-state index contributed by atoms with van der Waals surface area (Å²) in [6.07, 6.45) is 0.400. The Morgan fingerprint density at radius 1 is 1.19 bits per heavy atom. The normalized spacial score (nSPS) is 24.8. The fraction of sp³-hybridized carbons (Fsp3) is 0.400. The number of carbonyl (C=O) groups excluding carboxylic acids is 3. The van der Waals surface area contributed by atoms with Gasteiger partial charge in [0.25, 0.3) is 0 Å². The second-order valence-electron chi connectivity index (χ2n) is 5.37. The van der Waals surface area contributed by atoms with E-state index in [1.165, 1.54) is 0 Å². The van der Waals surface area contributed by atoms with E-state index in [0.717, 1.165) is 0 Å². The van der Waals surface area contributed by atoms with Gasteiger partial charge in [0.1, 0.15) is 6.42 Å². The molecule has 2 heterocycles. The predicted octanol–water partition coefficient (Wildman–Crippen LogP) is 1.57. The van der Waals surface area contributed by atoms with Gasteiger partial charge in [-0.1, -0.05) is 0 Å². The Kier molecular flexibility index (Phi) is 3.47. The van der Waals surface area contributed by atoms with Crippen LogP contribution in [0.3, 0.4) is 0 Å². The molecule has 0 radical (unpaired) electrons. The third kappa shape index (κ3) is 2.67. The summed E-state index contributed by atoms with van der Waals surface area (Å²) >= 11 is 0. The molecule has 0 aromatic heterocycles. The second-order valence-corrected chi connectivity index (χ2v) is 5.37. The number of hydrogen-bond donors (Lipinski definition) is 2. The summed E-state index contributed by atoms with van der Waals surface area (Å²) in [7, 11) is 0. The van der Waals surface area contributed by atoms with Gasteiger partial charge < -0.3 is 15.4 Å². The van der Waals surface area contributed by atoms with Crippen molar-refractivity contribution in [1.82, 2.24) is 0 Å². The van der Waals surface area contributed by atoms with Crippen molar-refractivity contribution in [3.05, 3.63) is 23.8 Å². The molecule has 2 amide bonds. The Hall–Kier alpha value is -2.21. The van der Waals surface area contributed by atoms with Crippen molar-refractivity contribution in [3.8, 4) is 0 Å². The molecule has 110 valence electrons. The van der Waals surface area contributed by atoms with Crippen LogP contribution in [-0.4, -0.2) is 30.3 Å². The molecule has 2 N–H and O–H groups in total. The van der Waals surface area contributed by atoms with Crippen LogP contribution in [0.4, 0.5) is 11.4 Å². The van der Waals surface area contributed by atoms with E-state index in [2.05, 4.69) is 10.6 Å². The van der Waals surface area contributed by atoms with E-state index in [9.17, 15) is 14.4 Å². The molecule has 1 fully saturated rings. The van der Waals surface area contributed by atoms with Crippen molar-refractivity contribution in [3.63, 3.8) is 0 Å². The lowest BCUT2D eigenvalue weighted by molar-refractivity contribution is -0.123. The summed E-state index contributed by atoms with van der Waals surface area (Å²) in [5.74, 6) is -0.886. The number of Topliss-reactive ketones (excluding diaryl/α,β-unsaturated/α-hetero) is 1. The lowest BCUT2D eigenvalue weighted by atomic mass is 9.92. The van der Waals surface area contributed by atoms with Crippen molar-refractivity contribution in [2.45, 2.75) is 25.9 Å². The molecular formula is C15H16N2O4. The van der Waals surface area contributed by atoms with Gasteiger partial charge in [0, 0.05) is 12.2 Å². The molecule has 3 rings (SSSR count). The monoisotopic (exact) mass is 288 g/mol. The summed E-state index contributed by atoms with van der Waals surface area (Å²) in [6, 6.07) is 4.93. The molecule has 1 aromatic rings. The van der Waals surface area contributed by atoms with Crippen molar-refractivity contribution >= 4 is 29.0 Å². The Balaban J connectivity index is 1.90. The third-order valence-corrected chi connectivity index (χ3v) is 3.89. The highest BCUT2D eigenvalue weighted by Crippen LogP contribution is 2.30. The molecule has 0 aliphatic carbocycles. The zero-order valence-electron chi connectivity index (χ0n) is 11.6. The SMILES string of the molecule is CC1OCCC1C(=O)c1ccc2c(c1)NC(=O)CC(=O)N2. The van der Waals surface area contributed by atoms with Gasteiger partial charge in [-0.3, -0.25) is 14.4 Å². The van der Waals surface area contributed by atoms with Gasteiger partial charge in [-0.15, -0.1) is 0 Å². The molecule has 6 heteroatoms. The minimum absolute atomic E-state index is 0.00706. The van der Waals surface area contributed by atoms with Crippen LogP contribution in [0.15, 0.2) is 18.2 Å². The molecule has 0 saturated carbocycles. The lowest BCUT2D eigenvalue weighted by Crippen LogP contribution is -2.22. The van der Waals surface area contributed by atoms with Crippen LogP contribution in [0.2, 0.25) is 0 Å². The molecule has 1 aromatic carbocycles.